The molecule has 124 valence electrons. The summed E-state index contributed by atoms with van der Waals surface area (Å²) in [4.78, 5) is 0. The van der Waals surface area contributed by atoms with E-state index < -0.39 is 10.0 Å². The number of rotatable bonds is 8. The monoisotopic (exact) mass is 353 g/mol. The maximum absolute atomic E-state index is 13.4. The van der Waals surface area contributed by atoms with Gasteiger partial charge in [-0.25, -0.2) is 17.5 Å². The van der Waals surface area contributed by atoms with Gasteiger partial charge in [0.25, 0.3) is 0 Å². The molecule has 1 N–H and O–H groups in total. The fourth-order valence-corrected chi connectivity index (χ4v) is 4.14. The lowest BCUT2D eigenvalue weighted by Gasteiger charge is -2.07. The van der Waals surface area contributed by atoms with E-state index in [4.69, 9.17) is 0 Å². The fraction of sp³-hybridized carbons (Fsp3) is 0.294. The Morgan fingerprint density at radius 2 is 1.78 bits per heavy atom. The molecule has 2 rings (SSSR count). The van der Waals surface area contributed by atoms with Crippen molar-refractivity contribution in [3.63, 3.8) is 0 Å². The summed E-state index contributed by atoms with van der Waals surface area (Å²) >= 11 is 1.50. The van der Waals surface area contributed by atoms with Crippen molar-refractivity contribution in [1.82, 2.24) is 4.72 Å². The molecule has 0 amide bonds. The van der Waals surface area contributed by atoms with Gasteiger partial charge in [-0.2, -0.15) is 11.8 Å². The zero-order valence-corrected chi connectivity index (χ0v) is 14.6. The van der Waals surface area contributed by atoms with Crippen molar-refractivity contribution in [1.29, 1.82) is 0 Å². The van der Waals surface area contributed by atoms with Crippen molar-refractivity contribution >= 4 is 21.8 Å². The summed E-state index contributed by atoms with van der Waals surface area (Å²) in [6.07, 6.45) is 0. The highest BCUT2D eigenvalue weighted by Gasteiger charge is 2.10. The largest absolute Gasteiger partial charge is 0.215 e. The molecule has 2 aromatic rings. The van der Waals surface area contributed by atoms with Gasteiger partial charge in [-0.05, 0) is 24.1 Å². The van der Waals surface area contributed by atoms with Crippen LogP contribution in [-0.2, 0) is 21.5 Å². The smallest absolute Gasteiger partial charge is 0.214 e. The number of nitrogens with one attached hydrogen (secondary N) is 1. The number of hydrogen-bond donors (Lipinski definition) is 1. The summed E-state index contributed by atoms with van der Waals surface area (Å²) in [7, 11) is -3.34. The van der Waals surface area contributed by atoms with E-state index in [0.29, 0.717) is 23.6 Å². The first-order valence-electron chi connectivity index (χ1n) is 7.30. The highest BCUT2D eigenvalue weighted by atomic mass is 32.2. The third kappa shape index (κ3) is 6.33. The predicted molar refractivity (Wildman–Crippen MR) is 94.4 cm³/mol. The van der Waals surface area contributed by atoms with Crippen molar-refractivity contribution in [3.05, 3.63) is 71.0 Å². The van der Waals surface area contributed by atoms with Gasteiger partial charge in [-0.1, -0.05) is 48.0 Å². The molecule has 0 heterocycles. The minimum atomic E-state index is -3.34. The maximum atomic E-state index is 13.4. The molecule has 0 aromatic heterocycles. The van der Waals surface area contributed by atoms with Crippen LogP contribution in [0.5, 0.6) is 0 Å². The van der Waals surface area contributed by atoms with Crippen molar-refractivity contribution in [2.24, 2.45) is 0 Å². The van der Waals surface area contributed by atoms with E-state index >= 15 is 0 Å². The van der Waals surface area contributed by atoms with Gasteiger partial charge >= 0.3 is 0 Å². The van der Waals surface area contributed by atoms with Crippen molar-refractivity contribution < 1.29 is 12.8 Å². The molecule has 0 fully saturated rings. The minimum absolute atomic E-state index is 0.0226. The molecular weight excluding hydrogens is 333 g/mol. The number of benzene rings is 2. The van der Waals surface area contributed by atoms with Crippen molar-refractivity contribution in [3.8, 4) is 0 Å². The van der Waals surface area contributed by atoms with E-state index in [1.165, 1.54) is 17.8 Å². The molecule has 0 aliphatic heterocycles. The number of hydrogen-bond acceptors (Lipinski definition) is 3. The topological polar surface area (TPSA) is 46.2 Å². The predicted octanol–water partition coefficient (Wildman–Crippen LogP) is 3.49. The second-order valence-electron chi connectivity index (χ2n) is 5.28. The number of halogens is 1. The third-order valence-electron chi connectivity index (χ3n) is 3.26. The Bertz CT molecular complexity index is 731. The molecule has 0 saturated carbocycles. The van der Waals surface area contributed by atoms with E-state index in [-0.39, 0.29) is 11.6 Å². The van der Waals surface area contributed by atoms with Gasteiger partial charge < -0.3 is 0 Å². The first-order valence-corrected chi connectivity index (χ1v) is 10.1. The summed E-state index contributed by atoms with van der Waals surface area (Å²) < 4.78 is 40.0. The summed E-state index contributed by atoms with van der Waals surface area (Å²) in [6.45, 7) is 2.30. The summed E-state index contributed by atoms with van der Waals surface area (Å²) in [5, 5.41) is 0. The molecule has 0 aliphatic carbocycles. The van der Waals surface area contributed by atoms with Crippen molar-refractivity contribution in [2.75, 3.05) is 12.3 Å². The Morgan fingerprint density at radius 1 is 1.09 bits per heavy atom. The summed E-state index contributed by atoms with van der Waals surface area (Å²) in [6, 6.07) is 14.1. The Morgan fingerprint density at radius 3 is 2.48 bits per heavy atom. The van der Waals surface area contributed by atoms with Gasteiger partial charge in [0.1, 0.15) is 5.82 Å². The van der Waals surface area contributed by atoms with Gasteiger partial charge in [-0.3, -0.25) is 0 Å². The van der Waals surface area contributed by atoms with Crippen LogP contribution in [0.2, 0.25) is 0 Å². The van der Waals surface area contributed by atoms with Crippen LogP contribution in [0.3, 0.4) is 0 Å². The Hall–Kier alpha value is -1.37. The molecule has 0 unspecified atom stereocenters. The fourth-order valence-electron chi connectivity index (χ4n) is 2.02. The lowest BCUT2D eigenvalue weighted by molar-refractivity contribution is 0.583. The van der Waals surface area contributed by atoms with Gasteiger partial charge in [0.05, 0.1) is 5.75 Å². The molecule has 0 atom stereocenters. The van der Waals surface area contributed by atoms with E-state index in [1.807, 2.05) is 31.2 Å². The van der Waals surface area contributed by atoms with Crippen LogP contribution in [0.15, 0.2) is 48.5 Å². The molecule has 0 aliphatic rings. The van der Waals surface area contributed by atoms with E-state index in [2.05, 4.69) is 4.72 Å². The normalized spacial score (nSPS) is 11.6. The molecule has 0 radical (unpaired) electrons. The van der Waals surface area contributed by atoms with Gasteiger partial charge in [0.2, 0.25) is 10.0 Å². The molecular formula is C17H20FNO2S2. The molecule has 0 spiro atoms. The SMILES string of the molecule is Cc1ccc(CS(=O)(=O)NCCSCc2ccccc2F)cc1. The van der Waals surface area contributed by atoms with Crippen LogP contribution < -0.4 is 4.72 Å². The van der Waals surface area contributed by atoms with Gasteiger partial charge in [0.15, 0.2) is 0 Å². The Kier molecular flexibility index (Phi) is 6.62. The van der Waals surface area contributed by atoms with Crippen LogP contribution in [0.4, 0.5) is 4.39 Å². The van der Waals surface area contributed by atoms with Crippen LogP contribution in [0, 0.1) is 12.7 Å². The van der Waals surface area contributed by atoms with Gasteiger partial charge in [-0.15, -0.1) is 0 Å². The zero-order chi connectivity index (χ0) is 16.7. The van der Waals surface area contributed by atoms with Crippen molar-refractivity contribution in [2.45, 2.75) is 18.4 Å². The first kappa shape index (κ1) is 18.0. The lowest BCUT2D eigenvalue weighted by Crippen LogP contribution is -2.27. The molecule has 6 heteroatoms. The summed E-state index contributed by atoms with van der Waals surface area (Å²) in [5.41, 5.74) is 2.51. The van der Waals surface area contributed by atoms with Crippen LogP contribution in [0.25, 0.3) is 0 Å². The summed E-state index contributed by atoms with van der Waals surface area (Å²) in [5.74, 6) is 0.888. The Labute approximate surface area is 141 Å². The highest BCUT2D eigenvalue weighted by molar-refractivity contribution is 7.98. The maximum Gasteiger partial charge on any atom is 0.215 e. The van der Waals surface area contributed by atoms with Crippen LogP contribution >= 0.6 is 11.8 Å². The molecule has 2 aromatic carbocycles. The van der Waals surface area contributed by atoms with E-state index in [1.54, 1.807) is 18.2 Å². The van der Waals surface area contributed by atoms with Crippen LogP contribution in [-0.4, -0.2) is 20.7 Å². The first-order chi connectivity index (χ1) is 11.0. The molecule has 0 bridgehead atoms. The lowest BCUT2D eigenvalue weighted by atomic mass is 10.2. The average Bonchev–Trinajstić information content (AvgIpc) is 2.51. The second kappa shape index (κ2) is 8.47. The highest BCUT2D eigenvalue weighted by Crippen LogP contribution is 2.15. The standard InChI is InChI=1S/C17H20FNO2S2/c1-14-6-8-15(9-7-14)13-23(20,21)19-10-11-22-12-16-4-2-3-5-17(16)18/h2-9,19H,10-13H2,1H3. The van der Waals surface area contributed by atoms with E-state index in [0.717, 1.165) is 11.1 Å². The number of sulfonamides is 1. The quantitative estimate of drug-likeness (QED) is 0.739. The minimum Gasteiger partial charge on any atom is -0.214 e. The average molecular weight is 353 g/mol. The molecule has 0 saturated heterocycles. The second-order valence-corrected chi connectivity index (χ2v) is 8.20. The van der Waals surface area contributed by atoms with Gasteiger partial charge in [0, 0.05) is 18.1 Å². The Balaban J connectivity index is 1.72. The number of thioether (sulfide) groups is 1. The zero-order valence-electron chi connectivity index (χ0n) is 13.0. The number of aryl methyl sites for hydroxylation is 1. The van der Waals surface area contributed by atoms with Crippen LogP contribution in [0.1, 0.15) is 16.7 Å². The molecule has 23 heavy (non-hydrogen) atoms. The van der Waals surface area contributed by atoms with E-state index in [9.17, 15) is 12.8 Å². The molecule has 3 nitrogen and oxygen atoms in total. The third-order valence-corrected chi connectivity index (χ3v) is 5.63.